The van der Waals surface area contributed by atoms with Gasteiger partial charge in [-0.2, -0.15) is 0 Å². The molecule has 0 radical (unpaired) electrons. The second-order valence-corrected chi connectivity index (χ2v) is 3.43. The lowest BCUT2D eigenvalue weighted by atomic mass is 10.2. The van der Waals surface area contributed by atoms with E-state index in [9.17, 15) is 4.79 Å². The summed E-state index contributed by atoms with van der Waals surface area (Å²) in [6, 6.07) is 3.48. The molecule has 2 heterocycles. The molecule has 0 amide bonds. The molecule has 14 heavy (non-hydrogen) atoms. The topological polar surface area (TPSA) is 63.1 Å². The lowest BCUT2D eigenvalue weighted by Crippen LogP contribution is -1.95. The van der Waals surface area contributed by atoms with E-state index in [1.807, 2.05) is 0 Å². The van der Waals surface area contributed by atoms with Gasteiger partial charge in [-0.15, -0.1) is 11.3 Å². The van der Waals surface area contributed by atoms with Gasteiger partial charge in [0.2, 0.25) is 0 Å². The average Bonchev–Trinajstić information content (AvgIpc) is 2.67. The molecule has 0 saturated carbocycles. The van der Waals surface area contributed by atoms with Crippen LogP contribution in [0.15, 0.2) is 30.0 Å². The second kappa shape index (κ2) is 3.55. The minimum absolute atomic E-state index is 0.260. The molecule has 2 aromatic heterocycles. The highest BCUT2D eigenvalue weighted by Crippen LogP contribution is 2.24. The fraction of sp³-hybridized carbons (Fsp3) is 0. The molecule has 0 spiro atoms. The van der Waals surface area contributed by atoms with E-state index in [-0.39, 0.29) is 4.88 Å². The fourth-order valence-electron chi connectivity index (χ4n) is 1.11. The predicted molar refractivity (Wildman–Crippen MR) is 52.3 cm³/mol. The average molecular weight is 206 g/mol. The van der Waals surface area contributed by atoms with Gasteiger partial charge in [0.15, 0.2) is 0 Å². The molecule has 2 aromatic rings. The quantitative estimate of drug-likeness (QED) is 0.815. The molecule has 0 bridgehead atoms. The smallest absolute Gasteiger partial charge is 0.348 e. The molecule has 0 aliphatic carbocycles. The lowest BCUT2D eigenvalue weighted by molar-refractivity contribution is 0.0702. The van der Waals surface area contributed by atoms with Crippen LogP contribution >= 0.6 is 11.3 Å². The maximum atomic E-state index is 10.8. The van der Waals surface area contributed by atoms with Crippen LogP contribution in [0.5, 0.6) is 0 Å². The number of carbonyl (C=O) groups is 1. The van der Waals surface area contributed by atoms with Gasteiger partial charge in [0, 0.05) is 18.0 Å². The van der Waals surface area contributed by atoms with Crippen LogP contribution in [-0.2, 0) is 0 Å². The van der Waals surface area contributed by atoms with Crippen molar-refractivity contribution >= 4 is 17.3 Å². The number of aromatic nitrogens is 2. The molecule has 0 aliphatic rings. The van der Waals surface area contributed by atoms with E-state index in [1.54, 1.807) is 24.5 Å². The Morgan fingerprint density at radius 2 is 2.07 bits per heavy atom. The highest BCUT2D eigenvalue weighted by Gasteiger charge is 2.14. The third-order valence-corrected chi connectivity index (χ3v) is 2.53. The van der Waals surface area contributed by atoms with E-state index in [4.69, 9.17) is 5.11 Å². The normalized spacial score (nSPS) is 10.0. The molecule has 0 unspecified atom stereocenters. The summed E-state index contributed by atoms with van der Waals surface area (Å²) in [5.74, 6) is -0.945. The first-order valence-electron chi connectivity index (χ1n) is 3.86. The van der Waals surface area contributed by atoms with Gasteiger partial charge in [-0.25, -0.2) is 9.78 Å². The number of nitrogens with zero attached hydrogens (tertiary/aromatic N) is 2. The Kier molecular flexibility index (Phi) is 2.24. The highest BCUT2D eigenvalue weighted by molar-refractivity contribution is 7.12. The first kappa shape index (κ1) is 8.83. The van der Waals surface area contributed by atoms with Crippen molar-refractivity contribution in [2.24, 2.45) is 0 Å². The number of hydrogen-bond acceptors (Lipinski definition) is 4. The summed E-state index contributed by atoms with van der Waals surface area (Å²) in [6.45, 7) is 0. The van der Waals surface area contributed by atoms with E-state index in [0.717, 1.165) is 16.9 Å². The number of aromatic carboxylic acids is 1. The number of hydrogen-bond donors (Lipinski definition) is 1. The minimum Gasteiger partial charge on any atom is -0.477 e. The molecule has 70 valence electrons. The molecule has 0 aliphatic heterocycles. The largest absolute Gasteiger partial charge is 0.477 e. The van der Waals surface area contributed by atoms with Gasteiger partial charge in [0.05, 0.1) is 11.2 Å². The van der Waals surface area contributed by atoms with Gasteiger partial charge < -0.3 is 5.11 Å². The van der Waals surface area contributed by atoms with Crippen molar-refractivity contribution in [3.63, 3.8) is 0 Å². The predicted octanol–water partition coefficient (Wildman–Crippen LogP) is 1.90. The fourth-order valence-corrected chi connectivity index (χ4v) is 1.76. The third-order valence-electron chi connectivity index (χ3n) is 1.72. The van der Waals surface area contributed by atoms with Crippen LogP contribution in [0.25, 0.3) is 11.3 Å². The van der Waals surface area contributed by atoms with Crippen LogP contribution in [0, 0.1) is 0 Å². The number of carboxylic acid groups (broad SMARTS) is 1. The number of rotatable bonds is 2. The molecule has 0 saturated heterocycles. The summed E-state index contributed by atoms with van der Waals surface area (Å²) in [5.41, 5.74) is 2.81. The minimum atomic E-state index is -0.945. The molecule has 0 aromatic carbocycles. The Morgan fingerprint density at radius 1 is 1.36 bits per heavy atom. The Bertz CT molecular complexity index is 453. The number of carboxylic acids is 1. The second-order valence-electron chi connectivity index (χ2n) is 2.57. The maximum absolute atomic E-state index is 10.8. The van der Waals surface area contributed by atoms with Crippen molar-refractivity contribution < 1.29 is 9.90 Å². The van der Waals surface area contributed by atoms with Crippen molar-refractivity contribution in [2.75, 3.05) is 0 Å². The van der Waals surface area contributed by atoms with Crippen LogP contribution in [0.4, 0.5) is 0 Å². The van der Waals surface area contributed by atoms with Crippen LogP contribution in [-0.4, -0.2) is 21.0 Å². The van der Waals surface area contributed by atoms with E-state index in [2.05, 4.69) is 9.97 Å². The Hall–Kier alpha value is -1.75. The lowest BCUT2D eigenvalue weighted by Gasteiger charge is -1.96. The summed E-state index contributed by atoms with van der Waals surface area (Å²) >= 11 is 1.12. The summed E-state index contributed by atoms with van der Waals surface area (Å²) in [4.78, 5) is 18.9. The Balaban J connectivity index is 2.52. The Labute approximate surface area is 83.9 Å². The summed E-state index contributed by atoms with van der Waals surface area (Å²) in [7, 11) is 0. The molecule has 4 nitrogen and oxygen atoms in total. The van der Waals surface area contributed by atoms with Gasteiger partial charge >= 0.3 is 5.97 Å². The monoisotopic (exact) mass is 206 g/mol. The van der Waals surface area contributed by atoms with Gasteiger partial charge in [-0.05, 0) is 12.1 Å². The van der Waals surface area contributed by atoms with Gasteiger partial charge in [-0.3, -0.25) is 4.98 Å². The molecule has 0 fully saturated rings. The van der Waals surface area contributed by atoms with Crippen molar-refractivity contribution in [3.05, 3.63) is 34.9 Å². The van der Waals surface area contributed by atoms with Crippen LogP contribution < -0.4 is 0 Å². The number of pyridine rings is 1. The zero-order chi connectivity index (χ0) is 9.97. The van der Waals surface area contributed by atoms with E-state index in [0.29, 0.717) is 5.69 Å². The molecule has 1 N–H and O–H groups in total. The highest BCUT2D eigenvalue weighted by atomic mass is 32.1. The van der Waals surface area contributed by atoms with Gasteiger partial charge in [0.25, 0.3) is 0 Å². The molecule has 5 heteroatoms. The zero-order valence-electron chi connectivity index (χ0n) is 7.04. The van der Waals surface area contributed by atoms with Crippen molar-refractivity contribution in [1.29, 1.82) is 0 Å². The Morgan fingerprint density at radius 3 is 2.71 bits per heavy atom. The third kappa shape index (κ3) is 1.49. The van der Waals surface area contributed by atoms with Gasteiger partial charge in [0.1, 0.15) is 4.88 Å². The van der Waals surface area contributed by atoms with E-state index >= 15 is 0 Å². The standard InChI is InChI=1S/C9H6N2O2S/c12-9(13)8-7(11-5-14-8)6-1-3-10-4-2-6/h1-5H,(H,12,13). The van der Waals surface area contributed by atoms with E-state index < -0.39 is 5.97 Å². The first-order chi connectivity index (χ1) is 6.79. The van der Waals surface area contributed by atoms with Crippen molar-refractivity contribution in [2.45, 2.75) is 0 Å². The maximum Gasteiger partial charge on any atom is 0.348 e. The first-order valence-corrected chi connectivity index (χ1v) is 4.74. The molecular formula is C9H6N2O2S. The van der Waals surface area contributed by atoms with Crippen molar-refractivity contribution in [3.8, 4) is 11.3 Å². The van der Waals surface area contributed by atoms with Crippen LogP contribution in [0.1, 0.15) is 9.67 Å². The molecule has 2 rings (SSSR count). The van der Waals surface area contributed by atoms with E-state index in [1.165, 1.54) is 5.51 Å². The summed E-state index contributed by atoms with van der Waals surface area (Å²) in [5, 5.41) is 8.87. The SMILES string of the molecule is O=C(O)c1scnc1-c1ccncc1. The zero-order valence-corrected chi connectivity index (χ0v) is 7.86. The van der Waals surface area contributed by atoms with Crippen molar-refractivity contribution in [1.82, 2.24) is 9.97 Å². The van der Waals surface area contributed by atoms with Crippen LogP contribution in [0.3, 0.4) is 0 Å². The summed E-state index contributed by atoms with van der Waals surface area (Å²) < 4.78 is 0. The number of thiazole rings is 1. The summed E-state index contributed by atoms with van der Waals surface area (Å²) in [6.07, 6.45) is 3.22. The molecular weight excluding hydrogens is 200 g/mol. The van der Waals surface area contributed by atoms with Crippen LogP contribution in [0.2, 0.25) is 0 Å². The van der Waals surface area contributed by atoms with Gasteiger partial charge in [-0.1, -0.05) is 0 Å². The molecule has 0 atom stereocenters.